The Labute approximate surface area is 227 Å². The van der Waals surface area contributed by atoms with Gasteiger partial charge in [-0.25, -0.2) is 9.37 Å². The van der Waals surface area contributed by atoms with Gasteiger partial charge in [0.05, 0.1) is 24.9 Å². The van der Waals surface area contributed by atoms with Gasteiger partial charge in [-0.15, -0.1) is 0 Å². The second kappa shape index (κ2) is 10.6. The first kappa shape index (κ1) is 25.3. The summed E-state index contributed by atoms with van der Waals surface area (Å²) in [4.78, 5) is 18.9. The zero-order chi connectivity index (χ0) is 26.2. The van der Waals surface area contributed by atoms with Crippen LogP contribution in [0.25, 0.3) is 6.08 Å². The molecule has 2 saturated heterocycles. The van der Waals surface area contributed by atoms with Gasteiger partial charge in [-0.05, 0) is 69.0 Å². The summed E-state index contributed by atoms with van der Waals surface area (Å²) >= 11 is 5.95. The molecular formula is C30H31ClFN3O3. The lowest BCUT2D eigenvalue weighted by molar-refractivity contribution is -0.0599. The summed E-state index contributed by atoms with van der Waals surface area (Å²) in [6.07, 6.45) is 7.48. The van der Waals surface area contributed by atoms with Crippen LogP contribution in [0.4, 0.5) is 4.39 Å². The van der Waals surface area contributed by atoms with Crippen LogP contribution in [0.3, 0.4) is 0 Å². The Morgan fingerprint density at radius 1 is 1.16 bits per heavy atom. The average molecular weight is 536 g/mol. The second-order valence-electron chi connectivity index (χ2n) is 10.4. The lowest BCUT2D eigenvalue weighted by Crippen LogP contribution is -2.35. The van der Waals surface area contributed by atoms with E-state index >= 15 is 0 Å². The first-order valence-electron chi connectivity index (χ1n) is 13.3. The van der Waals surface area contributed by atoms with Crippen LogP contribution in [0.15, 0.2) is 42.5 Å². The smallest absolute Gasteiger partial charge is 0.168 e. The highest BCUT2D eigenvalue weighted by atomic mass is 35.5. The Balaban J connectivity index is 1.15. The van der Waals surface area contributed by atoms with Gasteiger partial charge in [0, 0.05) is 22.8 Å². The topological polar surface area (TPSA) is 56.6 Å². The molecule has 0 N–H and O–H groups in total. The van der Waals surface area contributed by atoms with Crippen molar-refractivity contribution in [2.24, 2.45) is 0 Å². The molecule has 0 radical (unpaired) electrons. The molecule has 0 unspecified atom stereocenters. The van der Waals surface area contributed by atoms with Crippen LogP contribution in [0.5, 0.6) is 5.75 Å². The fourth-order valence-corrected chi connectivity index (χ4v) is 5.93. The molecule has 1 aromatic heterocycles. The zero-order valence-electron chi connectivity index (χ0n) is 21.4. The first-order valence-corrected chi connectivity index (χ1v) is 13.7. The third kappa shape index (κ3) is 4.91. The summed E-state index contributed by atoms with van der Waals surface area (Å²) < 4.78 is 28.7. The minimum Gasteiger partial charge on any atom is -0.481 e. The molecule has 2 atom stereocenters. The number of hydrogen-bond donors (Lipinski definition) is 0. The van der Waals surface area contributed by atoms with Crippen molar-refractivity contribution in [1.82, 2.24) is 14.5 Å². The average Bonchev–Trinajstić information content (AvgIpc) is 3.19. The van der Waals surface area contributed by atoms with E-state index in [4.69, 9.17) is 26.1 Å². The number of piperidine rings is 1. The molecule has 0 aliphatic carbocycles. The van der Waals surface area contributed by atoms with Crippen molar-refractivity contribution in [1.29, 1.82) is 0 Å². The van der Waals surface area contributed by atoms with E-state index in [1.165, 1.54) is 11.6 Å². The zero-order valence-corrected chi connectivity index (χ0v) is 22.2. The molecule has 0 bridgehead atoms. The maximum absolute atomic E-state index is 14.6. The number of fused-ring (bicyclic) bond motifs is 1. The van der Waals surface area contributed by atoms with Gasteiger partial charge in [-0.1, -0.05) is 41.9 Å². The summed E-state index contributed by atoms with van der Waals surface area (Å²) in [5, 5.41) is 0.371. The van der Waals surface area contributed by atoms with Crippen LogP contribution in [0, 0.1) is 12.7 Å². The van der Waals surface area contributed by atoms with E-state index in [0.717, 1.165) is 68.1 Å². The molecule has 2 aromatic carbocycles. The van der Waals surface area contributed by atoms with Crippen molar-refractivity contribution in [3.8, 4) is 5.75 Å². The highest BCUT2D eigenvalue weighted by Gasteiger charge is 2.29. The minimum absolute atomic E-state index is 0.162. The minimum atomic E-state index is -0.491. The number of ether oxygens (including phenoxy) is 2. The van der Waals surface area contributed by atoms with Gasteiger partial charge in [0.1, 0.15) is 29.2 Å². The number of benzene rings is 2. The van der Waals surface area contributed by atoms with Gasteiger partial charge in [0.15, 0.2) is 6.29 Å². The number of halogens is 2. The molecule has 198 valence electrons. The lowest BCUT2D eigenvalue weighted by Gasteiger charge is -2.34. The third-order valence-electron chi connectivity index (χ3n) is 7.99. The number of imidazole rings is 1. The molecule has 2 fully saturated rings. The van der Waals surface area contributed by atoms with Crippen molar-refractivity contribution < 1.29 is 18.7 Å². The summed E-state index contributed by atoms with van der Waals surface area (Å²) in [5.74, 6) is 1.75. The van der Waals surface area contributed by atoms with Gasteiger partial charge in [-0.2, -0.15) is 0 Å². The second-order valence-corrected chi connectivity index (χ2v) is 10.8. The molecule has 3 aliphatic heterocycles. The van der Waals surface area contributed by atoms with Crippen molar-refractivity contribution in [3.63, 3.8) is 0 Å². The number of para-hydroxylation sites is 1. The number of rotatable bonds is 7. The van der Waals surface area contributed by atoms with E-state index in [1.807, 2.05) is 29.7 Å². The number of aryl methyl sites for hydroxylation is 1. The molecule has 6 rings (SSSR count). The molecule has 3 aromatic rings. The standard InChI is InChI=1S/C30H31ClFN3O3/c1-19-27(18-36)35(16-23-11-14-37-23)29(33-19)17-34-12-9-20(10-13-34)24-4-2-3-21-5-8-28(38-30(21)24)25-7-6-22(31)15-26(25)32/h2-8,15,18,20,23,28H,9-14,16-17H2,1H3/t23-,28+/m0/s1. The van der Waals surface area contributed by atoms with E-state index in [-0.39, 0.29) is 11.9 Å². The van der Waals surface area contributed by atoms with Crippen molar-refractivity contribution in [2.75, 3.05) is 19.7 Å². The molecular weight excluding hydrogens is 505 g/mol. The molecule has 4 heterocycles. The largest absolute Gasteiger partial charge is 0.481 e. The van der Waals surface area contributed by atoms with Crippen molar-refractivity contribution in [2.45, 2.75) is 57.4 Å². The van der Waals surface area contributed by atoms with Crippen molar-refractivity contribution >= 4 is 24.0 Å². The molecule has 0 spiro atoms. The number of hydrogen-bond acceptors (Lipinski definition) is 5. The van der Waals surface area contributed by atoms with Crippen molar-refractivity contribution in [3.05, 3.63) is 87.2 Å². The SMILES string of the molecule is Cc1nc(CN2CCC(c3cccc4c3O[C@@H](c3ccc(Cl)cc3F)C=C4)CC2)n(C[C@@H]2CCO2)c1C=O. The molecule has 8 heteroatoms. The quantitative estimate of drug-likeness (QED) is 0.342. The summed E-state index contributed by atoms with van der Waals surface area (Å²) in [6.45, 7) is 5.90. The third-order valence-corrected chi connectivity index (χ3v) is 8.23. The number of likely N-dealkylation sites (tertiary alicyclic amines) is 1. The van der Waals surface area contributed by atoms with Crippen LogP contribution in [0.1, 0.15) is 70.0 Å². The molecule has 6 nitrogen and oxygen atoms in total. The van der Waals surface area contributed by atoms with E-state index in [1.54, 1.807) is 12.1 Å². The molecule has 3 aliphatic rings. The summed E-state index contributed by atoms with van der Waals surface area (Å²) in [7, 11) is 0. The van der Waals surface area contributed by atoms with Gasteiger partial charge in [-0.3, -0.25) is 9.69 Å². The molecule has 38 heavy (non-hydrogen) atoms. The van der Waals surface area contributed by atoms with Gasteiger partial charge < -0.3 is 14.0 Å². The van der Waals surface area contributed by atoms with Crippen LogP contribution >= 0.6 is 11.6 Å². The molecule has 0 saturated carbocycles. The molecule has 0 amide bonds. The van der Waals surface area contributed by atoms with Crippen LogP contribution in [0.2, 0.25) is 5.02 Å². The highest BCUT2D eigenvalue weighted by Crippen LogP contribution is 2.42. The Morgan fingerprint density at radius 3 is 2.68 bits per heavy atom. The Kier molecular flexibility index (Phi) is 7.08. The van der Waals surface area contributed by atoms with E-state index in [0.29, 0.717) is 35.3 Å². The van der Waals surface area contributed by atoms with Gasteiger partial charge in [0.2, 0.25) is 0 Å². The number of aromatic nitrogens is 2. The van der Waals surface area contributed by atoms with Crippen LogP contribution in [-0.4, -0.2) is 46.5 Å². The maximum Gasteiger partial charge on any atom is 0.168 e. The number of nitrogens with zero attached hydrogens (tertiary/aromatic N) is 3. The predicted octanol–water partition coefficient (Wildman–Crippen LogP) is 6.11. The summed E-state index contributed by atoms with van der Waals surface area (Å²) in [6, 6.07) is 11.0. The van der Waals surface area contributed by atoms with E-state index in [9.17, 15) is 9.18 Å². The summed E-state index contributed by atoms with van der Waals surface area (Å²) in [5.41, 5.74) is 4.10. The number of carbonyl (C=O) groups is 1. The van der Waals surface area contributed by atoms with Gasteiger partial charge in [0.25, 0.3) is 0 Å². The number of aldehydes is 1. The first-order chi connectivity index (χ1) is 18.5. The lowest BCUT2D eigenvalue weighted by atomic mass is 9.87. The van der Waals surface area contributed by atoms with Crippen LogP contribution in [-0.2, 0) is 17.8 Å². The monoisotopic (exact) mass is 535 g/mol. The fourth-order valence-electron chi connectivity index (χ4n) is 5.77. The van der Waals surface area contributed by atoms with E-state index in [2.05, 4.69) is 17.0 Å². The fraction of sp³-hybridized carbons (Fsp3) is 0.400. The van der Waals surface area contributed by atoms with E-state index < -0.39 is 6.10 Å². The Morgan fingerprint density at radius 2 is 1.97 bits per heavy atom. The number of carbonyl (C=O) groups excluding carboxylic acids is 1. The van der Waals surface area contributed by atoms with Crippen LogP contribution < -0.4 is 4.74 Å². The Hall–Kier alpha value is -3.00. The van der Waals surface area contributed by atoms with Gasteiger partial charge >= 0.3 is 0 Å². The highest BCUT2D eigenvalue weighted by molar-refractivity contribution is 6.30. The normalized spacial score (nSPS) is 21.6. The Bertz CT molecular complexity index is 1380. The maximum atomic E-state index is 14.6. The predicted molar refractivity (Wildman–Crippen MR) is 144 cm³/mol.